The van der Waals surface area contributed by atoms with Crippen molar-refractivity contribution < 1.29 is 37.5 Å². The number of carboxylic acids is 2. The van der Waals surface area contributed by atoms with Crippen molar-refractivity contribution in [2.24, 2.45) is 0 Å². The third kappa shape index (κ3) is 7.38. The molecule has 20 heteroatoms. The van der Waals surface area contributed by atoms with Crippen LogP contribution < -0.4 is 25.2 Å². The first-order valence-electron chi connectivity index (χ1n) is 13.4. The van der Waals surface area contributed by atoms with Gasteiger partial charge in [-0.1, -0.05) is 41.8 Å². The molecule has 1 fully saturated rings. The molecule has 0 radical (unpaired) electrons. The van der Waals surface area contributed by atoms with Crippen molar-refractivity contribution in [2.75, 3.05) is 25.1 Å². The molecule has 5 rings (SSSR count). The largest absolute Gasteiger partial charge is 0.480 e. The molecule has 2 aromatic heterocycles. The number of nitrogens with zero attached hydrogens (tertiary/aromatic N) is 4. The van der Waals surface area contributed by atoms with Crippen molar-refractivity contribution in [2.45, 2.75) is 31.3 Å². The number of aryl methyl sites for hydroxylation is 1. The highest BCUT2D eigenvalue weighted by Crippen LogP contribution is 2.46. The molecule has 2 aliphatic heterocycles. The second kappa shape index (κ2) is 14.4. The number of carboxylic acid groups (broad SMARTS) is 2. The number of amides is 1. The van der Waals surface area contributed by atoms with Crippen LogP contribution in [0.1, 0.15) is 12.0 Å². The maximum atomic E-state index is 13.6. The number of aliphatic carboxylic acids is 2. The lowest BCUT2D eigenvalue weighted by Gasteiger charge is -2.20. The van der Waals surface area contributed by atoms with Crippen LogP contribution in [0.2, 0.25) is 0 Å². The predicted molar refractivity (Wildman–Crippen MR) is 184 cm³/mol. The molecule has 1 saturated heterocycles. The van der Waals surface area contributed by atoms with Gasteiger partial charge < -0.3 is 15.1 Å². The van der Waals surface area contributed by atoms with Gasteiger partial charge in [-0.3, -0.25) is 46.7 Å². The lowest BCUT2D eigenvalue weighted by Crippen LogP contribution is -2.32. The molecule has 1 atom stereocenters. The molecule has 0 saturated carbocycles. The van der Waals surface area contributed by atoms with E-state index >= 15 is 0 Å². The Labute approximate surface area is 289 Å². The van der Waals surface area contributed by atoms with Crippen molar-refractivity contribution in [1.82, 2.24) is 14.0 Å². The smallest absolute Gasteiger partial charge is 0.323 e. The molecule has 0 aliphatic carbocycles. The first kappa shape index (κ1) is 35.0. The van der Waals surface area contributed by atoms with Crippen LogP contribution in [0.4, 0.5) is 5.69 Å². The Kier molecular flexibility index (Phi) is 10.7. The topological polar surface area (TPSA) is 189 Å². The van der Waals surface area contributed by atoms with Crippen LogP contribution in [0.5, 0.6) is 0 Å². The minimum absolute atomic E-state index is 0.00147. The fourth-order valence-corrected chi connectivity index (χ4v) is 9.60. The van der Waals surface area contributed by atoms with Gasteiger partial charge in [-0.2, -0.15) is 4.21 Å². The molecule has 1 unspecified atom stereocenters. The summed E-state index contributed by atoms with van der Waals surface area (Å²) in [5.41, 5.74) is 0.445. The Morgan fingerprint density at radius 3 is 2.30 bits per heavy atom. The number of thiocarbonyl (C=S) groups is 1. The summed E-state index contributed by atoms with van der Waals surface area (Å²) in [5.74, 6) is -3.20. The van der Waals surface area contributed by atoms with Crippen LogP contribution in [0, 0.1) is 16.1 Å². The van der Waals surface area contributed by atoms with E-state index in [4.69, 9.17) is 21.0 Å². The van der Waals surface area contributed by atoms with Crippen LogP contribution in [-0.4, -0.2) is 75.4 Å². The fraction of sp³-hybridized carbons (Fsp3) is 0.259. The second-order valence-electron chi connectivity index (χ2n) is 9.93. The van der Waals surface area contributed by atoms with Gasteiger partial charge in [0, 0.05) is 18.5 Å². The van der Waals surface area contributed by atoms with Gasteiger partial charge in [-0.15, -0.1) is 22.7 Å². The first-order chi connectivity index (χ1) is 22.3. The van der Waals surface area contributed by atoms with Crippen LogP contribution in [0.25, 0.3) is 11.0 Å². The fourth-order valence-electron chi connectivity index (χ4n) is 4.61. The molecular formula is C27H24N4O10S6. The lowest BCUT2D eigenvalue weighted by atomic mass is 10.2. The van der Waals surface area contributed by atoms with E-state index in [1.54, 1.807) is 6.08 Å². The normalized spacial score (nSPS) is 18.4. The Morgan fingerprint density at radius 1 is 1.00 bits per heavy atom. The monoisotopic (exact) mass is 756 g/mol. The molecule has 0 bridgehead atoms. The Hall–Kier alpha value is -3.37. The van der Waals surface area contributed by atoms with Gasteiger partial charge in [0.15, 0.2) is 0 Å². The summed E-state index contributed by atoms with van der Waals surface area (Å²) in [5, 5.41) is 19.9. The zero-order valence-electron chi connectivity index (χ0n) is 24.4. The number of aromatic nitrogens is 2. The van der Waals surface area contributed by atoms with Gasteiger partial charge in [0.1, 0.15) is 36.2 Å². The summed E-state index contributed by atoms with van der Waals surface area (Å²) in [6.45, 7) is 0.860. The lowest BCUT2D eigenvalue weighted by molar-refractivity contribution is -0.138. The predicted octanol–water partition coefficient (Wildman–Crippen LogP) is 1.27. The minimum Gasteiger partial charge on any atom is -0.480 e. The minimum atomic E-state index is -2.39. The van der Waals surface area contributed by atoms with Gasteiger partial charge in [0.05, 0.1) is 21.9 Å². The number of rotatable bonds is 10. The molecular weight excluding hydrogens is 733 g/mol. The summed E-state index contributed by atoms with van der Waals surface area (Å²) in [6.07, 6.45) is 3.62. The van der Waals surface area contributed by atoms with Gasteiger partial charge in [0.25, 0.3) is 17.0 Å². The average molecular weight is 757 g/mol. The Balaban J connectivity index is 1.71. The van der Waals surface area contributed by atoms with Gasteiger partial charge >= 0.3 is 23.3 Å². The van der Waals surface area contributed by atoms with Gasteiger partial charge in [0.2, 0.25) is 0 Å². The van der Waals surface area contributed by atoms with E-state index in [9.17, 15) is 38.4 Å². The number of hydrogen-bond acceptors (Lipinski definition) is 13. The van der Waals surface area contributed by atoms with Crippen molar-refractivity contribution in [3.05, 3.63) is 74.0 Å². The standard InChI is InChI=1S/C27H24N4O10S6/c1-13-4-5-15-14(10-13)29(8-3-9-41-47(39)40)17(43-15)7-6-16-22(36)30(11-18(32)33)25(44-16)21-24(38)31(12-19(34)35)26(45-21)20-23(37)28(2)27(42)46-20/h4-7,10H,3,8-9,11-12H2,1-2H3,(H,32,33)(H,34,35)(H,39,40)/b16-6?,17-7?,25-21+,26-20+. The number of thiazole rings is 2. The summed E-state index contributed by atoms with van der Waals surface area (Å²) >= 11 is 6.81. The summed E-state index contributed by atoms with van der Waals surface area (Å²) in [4.78, 5) is 67.8. The number of hydrogen-bond donors (Lipinski definition) is 3. The SMILES string of the molecule is Cc1ccc2c(c1)N(CCCOS(=O)O)C(=CC=c1s/c(=c3/s/c(=C4/SC(=S)N(C)C4=O)n(CC(=O)O)c3=O)n(CC(=O)O)c1=O)S2. The summed E-state index contributed by atoms with van der Waals surface area (Å²) in [7, 11) is 1.45. The van der Waals surface area contributed by atoms with Crippen molar-refractivity contribution in [3.8, 4) is 0 Å². The maximum Gasteiger partial charge on any atom is 0.323 e. The number of allylic oxidation sites excluding steroid dienone is 1. The van der Waals surface area contributed by atoms with Crippen LogP contribution >= 0.6 is 58.4 Å². The first-order valence-corrected chi connectivity index (χ1v) is 18.1. The number of anilines is 1. The number of benzene rings is 1. The molecule has 248 valence electrons. The molecule has 4 heterocycles. The van der Waals surface area contributed by atoms with E-state index in [1.165, 1.54) is 29.8 Å². The Bertz CT molecular complexity index is 2240. The molecule has 3 N–H and O–H groups in total. The van der Waals surface area contributed by atoms with E-state index in [0.717, 1.165) is 64.7 Å². The van der Waals surface area contributed by atoms with E-state index in [0.29, 0.717) is 13.0 Å². The maximum absolute atomic E-state index is 13.6. The van der Waals surface area contributed by atoms with E-state index in [-0.39, 0.29) is 34.2 Å². The van der Waals surface area contributed by atoms with Crippen molar-refractivity contribution in [1.29, 1.82) is 0 Å². The van der Waals surface area contributed by atoms with Crippen LogP contribution in [0.15, 0.2) is 43.8 Å². The molecule has 47 heavy (non-hydrogen) atoms. The second-order valence-corrected chi connectivity index (χ2v) is 15.3. The quantitative estimate of drug-likeness (QED) is 0.152. The van der Waals surface area contributed by atoms with Crippen molar-refractivity contribution in [3.63, 3.8) is 0 Å². The molecule has 1 amide bonds. The van der Waals surface area contributed by atoms with E-state index in [1.807, 2.05) is 30.0 Å². The zero-order valence-corrected chi connectivity index (χ0v) is 29.3. The molecule has 0 spiro atoms. The summed E-state index contributed by atoms with van der Waals surface area (Å²) < 4.78 is 26.7. The number of carbonyl (C=O) groups excluding carboxylic acids is 1. The van der Waals surface area contributed by atoms with E-state index in [2.05, 4.69) is 0 Å². The number of fused-ring (bicyclic) bond motifs is 1. The highest BCUT2D eigenvalue weighted by molar-refractivity contribution is 8.30. The van der Waals surface area contributed by atoms with E-state index < -0.39 is 53.4 Å². The molecule has 2 aliphatic rings. The van der Waals surface area contributed by atoms with Gasteiger partial charge in [-0.05, 0) is 43.2 Å². The molecule has 3 aromatic rings. The third-order valence-corrected chi connectivity index (χ3v) is 12.3. The Morgan fingerprint density at radius 2 is 1.68 bits per heavy atom. The van der Waals surface area contributed by atoms with Crippen LogP contribution in [0.3, 0.4) is 0 Å². The summed E-state index contributed by atoms with van der Waals surface area (Å²) in [6, 6.07) is 5.90. The zero-order chi connectivity index (χ0) is 34.2. The average Bonchev–Trinajstić information content (AvgIpc) is 3.68. The molecule has 1 aromatic carbocycles. The number of carbonyl (C=O) groups is 3. The van der Waals surface area contributed by atoms with Crippen LogP contribution in [-0.2, 0) is 43.0 Å². The highest BCUT2D eigenvalue weighted by atomic mass is 32.2. The third-order valence-electron chi connectivity index (χ3n) is 6.70. The number of thioether (sulfide) groups is 2. The molecule has 14 nitrogen and oxygen atoms in total. The van der Waals surface area contributed by atoms with Gasteiger partial charge in [-0.25, -0.2) is 0 Å². The van der Waals surface area contributed by atoms with Crippen molar-refractivity contribution >= 4 is 109 Å². The highest BCUT2D eigenvalue weighted by Gasteiger charge is 2.32.